The van der Waals surface area contributed by atoms with Crippen molar-refractivity contribution in [2.24, 2.45) is 0 Å². The number of hydrogen-bond donors (Lipinski definition) is 1. The molecule has 0 aromatic heterocycles. The van der Waals surface area contributed by atoms with Crippen molar-refractivity contribution in [3.63, 3.8) is 0 Å². The van der Waals surface area contributed by atoms with Gasteiger partial charge in [-0.1, -0.05) is 30.3 Å². The molecule has 2 unspecified atom stereocenters. The van der Waals surface area contributed by atoms with E-state index in [0.717, 1.165) is 5.56 Å². The fraction of sp³-hybridized carbons (Fsp3) is 0.438. The van der Waals surface area contributed by atoms with Crippen LogP contribution in [0.5, 0.6) is 0 Å². The molecule has 1 fully saturated rings. The molecule has 4 heteroatoms. The van der Waals surface area contributed by atoms with E-state index in [9.17, 15) is 9.90 Å². The lowest BCUT2D eigenvalue weighted by molar-refractivity contribution is -0.446. The van der Waals surface area contributed by atoms with E-state index in [1.807, 2.05) is 30.3 Å². The highest BCUT2D eigenvalue weighted by Crippen LogP contribution is 2.44. The minimum atomic E-state index is -1.63. The average Bonchev–Trinajstić information content (AvgIpc) is 2.41. The molecule has 0 radical (unpaired) electrons. The lowest BCUT2D eigenvalue weighted by atomic mass is 9.75. The third-order valence-electron chi connectivity index (χ3n) is 3.83. The quantitative estimate of drug-likeness (QED) is 0.799. The molecule has 1 aliphatic heterocycles. The van der Waals surface area contributed by atoms with Crippen molar-refractivity contribution in [2.75, 3.05) is 0 Å². The summed E-state index contributed by atoms with van der Waals surface area (Å²) in [6, 6.07) is 9.71. The first-order chi connectivity index (χ1) is 9.40. The minimum absolute atomic E-state index is 0.0596. The Kier molecular flexibility index (Phi) is 3.05. The third-order valence-corrected chi connectivity index (χ3v) is 3.83. The maximum atomic E-state index is 12.3. The molecule has 0 spiro atoms. The van der Waals surface area contributed by atoms with Crippen LogP contribution in [0.25, 0.3) is 0 Å². The summed E-state index contributed by atoms with van der Waals surface area (Å²) in [4.78, 5) is 22.7. The molecular weight excluding hydrogens is 256 g/mol. The summed E-state index contributed by atoms with van der Waals surface area (Å²) in [5.41, 5.74) is 0.652. The van der Waals surface area contributed by atoms with Gasteiger partial charge in [0.2, 0.25) is 5.79 Å². The van der Waals surface area contributed by atoms with E-state index < -0.39 is 11.4 Å². The second-order valence-electron chi connectivity index (χ2n) is 6.05. The predicted octanol–water partition coefficient (Wildman–Crippen LogP) is 2.49. The number of hydrogen-bond acceptors (Lipinski definition) is 4. The maximum Gasteiger partial charge on any atom is 0.229 e. The average molecular weight is 274 g/mol. The van der Waals surface area contributed by atoms with Crippen molar-refractivity contribution >= 4 is 5.78 Å². The molecule has 1 aromatic rings. The van der Waals surface area contributed by atoms with Gasteiger partial charge >= 0.3 is 0 Å². The van der Waals surface area contributed by atoms with Gasteiger partial charge in [0, 0.05) is 12.8 Å². The monoisotopic (exact) mass is 274 g/mol. The molecule has 3 rings (SSSR count). The predicted molar refractivity (Wildman–Crippen MR) is 72.7 cm³/mol. The zero-order chi connectivity index (χ0) is 14.4. The first kappa shape index (κ1) is 13.5. The maximum absolute atomic E-state index is 12.3. The van der Waals surface area contributed by atoms with Gasteiger partial charge in [-0.15, -0.1) is 0 Å². The molecule has 0 saturated heterocycles. The van der Waals surface area contributed by atoms with Crippen molar-refractivity contribution in [1.29, 1.82) is 0 Å². The first-order valence-electron chi connectivity index (χ1n) is 6.80. The third kappa shape index (κ3) is 2.30. The van der Waals surface area contributed by atoms with E-state index in [4.69, 9.17) is 9.78 Å². The fourth-order valence-electron chi connectivity index (χ4n) is 2.85. The van der Waals surface area contributed by atoms with Gasteiger partial charge in [0.05, 0.1) is 5.57 Å². The Balaban J connectivity index is 1.94. The molecule has 0 bridgehead atoms. The number of benzene rings is 1. The number of carbonyl (C=O) groups is 1. The Bertz CT molecular complexity index is 561. The minimum Gasteiger partial charge on any atom is -0.360 e. The van der Waals surface area contributed by atoms with Crippen LogP contribution in [0, 0.1) is 0 Å². The molecule has 0 amide bonds. The van der Waals surface area contributed by atoms with E-state index in [1.54, 1.807) is 19.9 Å². The Labute approximate surface area is 117 Å². The number of Topliss-reactive ketones (excluding diaryl/α,β-unsaturated/α-hetero) is 1. The van der Waals surface area contributed by atoms with Gasteiger partial charge in [0.1, 0.15) is 5.60 Å². The van der Waals surface area contributed by atoms with Crippen LogP contribution in [0.1, 0.15) is 38.2 Å². The molecule has 4 nitrogen and oxygen atoms in total. The molecule has 1 N–H and O–H groups in total. The molecular formula is C16H18O4. The summed E-state index contributed by atoms with van der Waals surface area (Å²) in [5, 5.41) is 10.6. The number of carbonyl (C=O) groups excluding carboxylic acids is 1. The van der Waals surface area contributed by atoms with Gasteiger partial charge in [-0.25, -0.2) is 4.89 Å². The van der Waals surface area contributed by atoms with Crippen molar-refractivity contribution in [1.82, 2.24) is 0 Å². The Morgan fingerprint density at radius 1 is 1.20 bits per heavy atom. The normalized spacial score (nSPS) is 32.5. The Morgan fingerprint density at radius 3 is 2.60 bits per heavy atom. The van der Waals surface area contributed by atoms with Gasteiger partial charge in [-0.2, -0.15) is 4.89 Å². The van der Waals surface area contributed by atoms with Crippen molar-refractivity contribution in [2.45, 2.75) is 44.0 Å². The fourth-order valence-corrected chi connectivity index (χ4v) is 2.85. The molecule has 2 aliphatic rings. The highest BCUT2D eigenvalue weighted by atomic mass is 17.2. The van der Waals surface area contributed by atoms with Crippen LogP contribution in [0.15, 0.2) is 42.0 Å². The summed E-state index contributed by atoms with van der Waals surface area (Å²) in [6.45, 7) is 3.58. The van der Waals surface area contributed by atoms with E-state index in [0.29, 0.717) is 18.4 Å². The molecule has 2 atom stereocenters. The standard InChI is InChI=1S/C16H18O4/c1-15(2)10-13-14(17)8-12(9-16(13,18)20-19-15)11-6-4-3-5-7-11/h3-7,10,12,18H,8-9H2,1-2H3. The summed E-state index contributed by atoms with van der Waals surface area (Å²) in [6.07, 6.45) is 2.38. The van der Waals surface area contributed by atoms with Crippen LogP contribution in [-0.2, 0) is 14.6 Å². The van der Waals surface area contributed by atoms with E-state index in [1.165, 1.54) is 0 Å². The number of fused-ring (bicyclic) bond motifs is 1. The van der Waals surface area contributed by atoms with Gasteiger partial charge in [-0.3, -0.25) is 4.79 Å². The number of aliphatic hydroxyl groups is 1. The number of rotatable bonds is 1. The van der Waals surface area contributed by atoms with Crippen LogP contribution < -0.4 is 0 Å². The highest BCUT2D eigenvalue weighted by Gasteiger charge is 2.50. The largest absolute Gasteiger partial charge is 0.360 e. The SMILES string of the molecule is CC1(C)C=C2C(=O)CC(c3ccccc3)CC2(O)OO1. The van der Waals surface area contributed by atoms with Crippen molar-refractivity contribution in [3.8, 4) is 0 Å². The van der Waals surface area contributed by atoms with Gasteiger partial charge in [0.15, 0.2) is 5.78 Å². The van der Waals surface area contributed by atoms with Crippen LogP contribution in [0.3, 0.4) is 0 Å². The smallest absolute Gasteiger partial charge is 0.229 e. The van der Waals surface area contributed by atoms with Crippen LogP contribution in [0.4, 0.5) is 0 Å². The van der Waals surface area contributed by atoms with Crippen molar-refractivity contribution < 1.29 is 19.7 Å². The van der Waals surface area contributed by atoms with Gasteiger partial charge in [-0.05, 0) is 31.4 Å². The van der Waals surface area contributed by atoms with E-state index in [-0.39, 0.29) is 11.7 Å². The molecule has 20 heavy (non-hydrogen) atoms. The van der Waals surface area contributed by atoms with E-state index in [2.05, 4.69) is 0 Å². The molecule has 1 heterocycles. The first-order valence-corrected chi connectivity index (χ1v) is 6.80. The van der Waals surface area contributed by atoms with Gasteiger partial charge < -0.3 is 5.11 Å². The van der Waals surface area contributed by atoms with Crippen LogP contribution in [0.2, 0.25) is 0 Å². The second-order valence-corrected chi connectivity index (χ2v) is 6.05. The van der Waals surface area contributed by atoms with Gasteiger partial charge in [0.25, 0.3) is 0 Å². The summed E-state index contributed by atoms with van der Waals surface area (Å²) < 4.78 is 0. The lowest BCUT2D eigenvalue weighted by Crippen LogP contribution is -2.49. The van der Waals surface area contributed by atoms with Crippen LogP contribution in [-0.4, -0.2) is 22.3 Å². The van der Waals surface area contributed by atoms with Crippen LogP contribution >= 0.6 is 0 Å². The Morgan fingerprint density at radius 2 is 1.90 bits per heavy atom. The second kappa shape index (κ2) is 4.52. The zero-order valence-corrected chi connectivity index (χ0v) is 11.6. The molecule has 106 valence electrons. The highest BCUT2D eigenvalue weighted by molar-refractivity contribution is 5.98. The molecule has 1 aromatic carbocycles. The summed E-state index contributed by atoms with van der Waals surface area (Å²) in [7, 11) is 0. The number of ketones is 1. The molecule has 1 saturated carbocycles. The van der Waals surface area contributed by atoms with Crippen molar-refractivity contribution in [3.05, 3.63) is 47.5 Å². The lowest BCUT2D eigenvalue weighted by Gasteiger charge is -2.42. The van der Waals surface area contributed by atoms with E-state index >= 15 is 0 Å². The zero-order valence-electron chi connectivity index (χ0n) is 11.6. The topological polar surface area (TPSA) is 55.8 Å². The summed E-state index contributed by atoms with van der Waals surface area (Å²) in [5.74, 6) is -1.77. The summed E-state index contributed by atoms with van der Waals surface area (Å²) >= 11 is 0. The Hall–Kier alpha value is -1.49. The molecule has 1 aliphatic carbocycles.